The summed E-state index contributed by atoms with van der Waals surface area (Å²) in [4.78, 5) is 12.1. The Labute approximate surface area is 173 Å². The number of sulfone groups is 1. The van der Waals surface area contributed by atoms with E-state index >= 15 is 0 Å². The van der Waals surface area contributed by atoms with Gasteiger partial charge in [0, 0.05) is 11.6 Å². The second-order valence-corrected chi connectivity index (χ2v) is 8.69. The first-order valence-corrected chi connectivity index (χ1v) is 11.0. The molecule has 30 heavy (non-hydrogen) atoms. The molecule has 0 aliphatic carbocycles. The van der Waals surface area contributed by atoms with E-state index in [1.807, 2.05) is 6.07 Å². The van der Waals surface area contributed by atoms with Crippen LogP contribution in [-0.4, -0.2) is 38.5 Å². The van der Waals surface area contributed by atoms with Crippen molar-refractivity contribution in [2.75, 3.05) is 19.0 Å². The summed E-state index contributed by atoms with van der Waals surface area (Å²) in [6.07, 6.45) is -0.246. The quantitative estimate of drug-likeness (QED) is 0.528. The van der Waals surface area contributed by atoms with Gasteiger partial charge in [-0.05, 0) is 30.3 Å². The van der Waals surface area contributed by atoms with Crippen LogP contribution in [0.2, 0.25) is 0 Å². The third kappa shape index (κ3) is 4.62. The Bertz CT molecular complexity index is 1140. The Balaban J connectivity index is 1.32. The van der Waals surface area contributed by atoms with Crippen LogP contribution in [0.3, 0.4) is 0 Å². The Morgan fingerprint density at radius 1 is 1.00 bits per heavy atom. The predicted molar refractivity (Wildman–Crippen MR) is 106 cm³/mol. The molecule has 0 radical (unpaired) electrons. The zero-order valence-electron chi connectivity index (χ0n) is 15.9. The van der Waals surface area contributed by atoms with Crippen LogP contribution < -0.4 is 9.47 Å². The van der Waals surface area contributed by atoms with Gasteiger partial charge in [0.2, 0.25) is 0 Å². The number of hydrogen-bond acceptors (Lipinski definition) is 8. The van der Waals surface area contributed by atoms with E-state index in [0.29, 0.717) is 36.2 Å². The van der Waals surface area contributed by atoms with Crippen LogP contribution >= 0.6 is 0 Å². The summed E-state index contributed by atoms with van der Waals surface area (Å²) >= 11 is 0. The molecule has 2 aromatic carbocycles. The highest BCUT2D eigenvalue weighted by Gasteiger charge is 2.18. The monoisotopic (exact) mass is 429 g/mol. The molecule has 8 nitrogen and oxygen atoms in total. The molecule has 2 heterocycles. The minimum atomic E-state index is -3.53. The van der Waals surface area contributed by atoms with Gasteiger partial charge in [-0.1, -0.05) is 23.4 Å². The largest absolute Gasteiger partial charge is 0.486 e. The zero-order chi connectivity index (χ0) is 21.0. The Morgan fingerprint density at radius 2 is 1.77 bits per heavy atom. The molecule has 0 atom stereocenters. The van der Waals surface area contributed by atoms with Crippen molar-refractivity contribution in [3.63, 3.8) is 0 Å². The van der Waals surface area contributed by atoms with Gasteiger partial charge in [0.1, 0.15) is 25.5 Å². The Hall–Kier alpha value is -3.33. The van der Waals surface area contributed by atoms with E-state index in [2.05, 4.69) is 5.16 Å². The van der Waals surface area contributed by atoms with E-state index in [0.717, 1.165) is 5.56 Å². The number of rotatable bonds is 7. The summed E-state index contributed by atoms with van der Waals surface area (Å²) in [7, 11) is -3.53. The van der Waals surface area contributed by atoms with Gasteiger partial charge in [0.15, 0.2) is 27.1 Å². The number of ether oxygens (including phenoxy) is 3. The highest BCUT2D eigenvalue weighted by atomic mass is 32.2. The Morgan fingerprint density at radius 3 is 2.57 bits per heavy atom. The standard InChI is InChI=1S/C21H19NO7S/c23-21(8-11-30(24,25)17-4-2-1-3-5-17)28-14-16-13-19(29-22-16)15-6-7-18-20(12-15)27-10-9-26-18/h1-7,12-13H,8-11,14H2. The SMILES string of the molecule is O=C(CCS(=O)(=O)c1ccccc1)OCc1cc(-c2ccc3c(c2)OCCO3)on1. The van der Waals surface area contributed by atoms with Crippen LogP contribution in [0.4, 0.5) is 0 Å². The van der Waals surface area contributed by atoms with E-state index in [1.54, 1.807) is 36.4 Å². The maximum absolute atomic E-state index is 12.2. The number of fused-ring (bicyclic) bond motifs is 1. The number of carbonyl (C=O) groups is 1. The van der Waals surface area contributed by atoms with Crippen molar-refractivity contribution in [1.82, 2.24) is 5.16 Å². The molecule has 9 heteroatoms. The van der Waals surface area contributed by atoms with Crippen LogP contribution in [0.25, 0.3) is 11.3 Å². The lowest BCUT2D eigenvalue weighted by Gasteiger charge is -2.18. The fraction of sp³-hybridized carbons (Fsp3) is 0.238. The van der Waals surface area contributed by atoms with Crippen LogP contribution in [-0.2, 0) is 26.0 Å². The number of hydrogen-bond donors (Lipinski definition) is 0. The summed E-state index contributed by atoms with van der Waals surface area (Å²) in [6, 6.07) is 15.0. The second-order valence-electron chi connectivity index (χ2n) is 6.58. The molecule has 1 aliphatic rings. The van der Waals surface area contributed by atoms with Crippen molar-refractivity contribution >= 4 is 15.8 Å². The third-order valence-electron chi connectivity index (χ3n) is 4.44. The molecule has 0 spiro atoms. The van der Waals surface area contributed by atoms with Gasteiger partial charge in [0.05, 0.1) is 17.1 Å². The normalized spacial score (nSPS) is 13.1. The lowest BCUT2D eigenvalue weighted by Crippen LogP contribution is -2.15. The molecule has 0 amide bonds. The van der Waals surface area contributed by atoms with Crippen molar-refractivity contribution in [2.24, 2.45) is 0 Å². The highest BCUT2D eigenvalue weighted by molar-refractivity contribution is 7.91. The molecule has 1 aromatic heterocycles. The lowest BCUT2D eigenvalue weighted by atomic mass is 10.1. The van der Waals surface area contributed by atoms with E-state index in [-0.39, 0.29) is 23.7 Å². The molecule has 0 saturated carbocycles. The predicted octanol–water partition coefficient (Wildman–Crippen LogP) is 3.02. The smallest absolute Gasteiger partial charge is 0.307 e. The molecule has 0 unspecified atom stereocenters. The highest BCUT2D eigenvalue weighted by Crippen LogP contribution is 2.34. The number of benzene rings is 2. The van der Waals surface area contributed by atoms with Gasteiger partial charge in [-0.25, -0.2) is 8.42 Å². The average molecular weight is 429 g/mol. The number of nitrogens with zero attached hydrogens (tertiary/aromatic N) is 1. The van der Waals surface area contributed by atoms with E-state index in [4.69, 9.17) is 18.7 Å². The van der Waals surface area contributed by atoms with Crippen molar-refractivity contribution < 1.29 is 31.9 Å². The molecule has 0 bridgehead atoms. The maximum atomic E-state index is 12.2. The minimum absolute atomic E-state index is 0.113. The fourth-order valence-electron chi connectivity index (χ4n) is 2.90. The van der Waals surface area contributed by atoms with Gasteiger partial charge >= 0.3 is 5.97 Å². The molecule has 0 fully saturated rings. The van der Waals surface area contributed by atoms with Crippen molar-refractivity contribution in [1.29, 1.82) is 0 Å². The van der Waals surface area contributed by atoms with Crippen LogP contribution in [0, 0.1) is 0 Å². The first-order valence-electron chi connectivity index (χ1n) is 9.30. The first-order chi connectivity index (χ1) is 14.5. The minimum Gasteiger partial charge on any atom is -0.486 e. The number of carbonyl (C=O) groups excluding carboxylic acids is 1. The molecule has 4 rings (SSSR count). The van der Waals surface area contributed by atoms with E-state index < -0.39 is 15.8 Å². The molecule has 1 aliphatic heterocycles. The molecule has 0 saturated heterocycles. The average Bonchev–Trinajstić information content (AvgIpc) is 3.26. The lowest BCUT2D eigenvalue weighted by molar-refractivity contribution is -0.144. The van der Waals surface area contributed by atoms with Gasteiger partial charge in [-0.3, -0.25) is 4.79 Å². The molecule has 0 N–H and O–H groups in total. The van der Waals surface area contributed by atoms with Crippen LogP contribution in [0.1, 0.15) is 12.1 Å². The van der Waals surface area contributed by atoms with Gasteiger partial charge < -0.3 is 18.7 Å². The molecule has 3 aromatic rings. The van der Waals surface area contributed by atoms with Gasteiger partial charge in [0.25, 0.3) is 0 Å². The summed E-state index contributed by atoms with van der Waals surface area (Å²) in [5.41, 5.74) is 1.16. The van der Waals surface area contributed by atoms with E-state index in [9.17, 15) is 13.2 Å². The topological polar surface area (TPSA) is 105 Å². The molecular formula is C21H19NO7S. The maximum Gasteiger partial charge on any atom is 0.307 e. The summed E-state index contributed by atoms with van der Waals surface area (Å²) < 4.78 is 45.9. The van der Waals surface area contributed by atoms with Gasteiger partial charge in [-0.15, -0.1) is 0 Å². The van der Waals surface area contributed by atoms with Crippen LogP contribution in [0.15, 0.2) is 64.0 Å². The number of aromatic nitrogens is 1. The van der Waals surface area contributed by atoms with E-state index in [1.165, 1.54) is 12.1 Å². The van der Waals surface area contributed by atoms with Crippen molar-refractivity contribution in [3.05, 3.63) is 60.3 Å². The summed E-state index contributed by atoms with van der Waals surface area (Å²) in [5, 5.41) is 3.89. The zero-order valence-corrected chi connectivity index (χ0v) is 16.8. The molecule has 156 valence electrons. The fourth-order valence-corrected chi connectivity index (χ4v) is 4.15. The molecular weight excluding hydrogens is 410 g/mol. The summed E-state index contributed by atoms with van der Waals surface area (Å²) in [6.45, 7) is 0.878. The number of esters is 1. The third-order valence-corrected chi connectivity index (χ3v) is 6.18. The Kier molecular flexibility index (Phi) is 5.71. The van der Waals surface area contributed by atoms with Crippen molar-refractivity contribution in [2.45, 2.75) is 17.9 Å². The van der Waals surface area contributed by atoms with Gasteiger partial charge in [-0.2, -0.15) is 0 Å². The van der Waals surface area contributed by atoms with Crippen LogP contribution in [0.5, 0.6) is 11.5 Å². The van der Waals surface area contributed by atoms with Crippen molar-refractivity contribution in [3.8, 4) is 22.8 Å². The summed E-state index contributed by atoms with van der Waals surface area (Å²) in [5.74, 6) is 0.840. The second kappa shape index (κ2) is 8.58. The first kappa shape index (κ1) is 20.0.